The Balaban J connectivity index is 0.000000720. The summed E-state index contributed by atoms with van der Waals surface area (Å²) in [5.74, 6) is 0. The van der Waals surface area contributed by atoms with E-state index in [9.17, 15) is 0 Å². The van der Waals surface area contributed by atoms with Crippen molar-refractivity contribution in [1.29, 1.82) is 5.26 Å². The molecule has 0 fully saturated rings. The van der Waals surface area contributed by atoms with E-state index >= 15 is 0 Å². The number of aromatic amines is 1. The highest BCUT2D eigenvalue weighted by Gasteiger charge is 1.95. The van der Waals surface area contributed by atoms with Gasteiger partial charge in [0.05, 0.1) is 5.56 Å². The number of nitrogens with one attached hydrogen (secondary N) is 1. The highest BCUT2D eigenvalue weighted by molar-refractivity contribution is 5.76. The minimum atomic E-state index is 0. The fraction of sp³-hybridized carbons (Fsp3) is 0. The zero-order valence-corrected chi connectivity index (χ0v) is 5.70. The summed E-state index contributed by atoms with van der Waals surface area (Å²) in [6.07, 6.45) is 3.36. The van der Waals surface area contributed by atoms with E-state index in [2.05, 4.69) is 9.97 Å². The summed E-state index contributed by atoms with van der Waals surface area (Å²) in [4.78, 5) is 6.98. The molecule has 0 atom stereocenters. The highest BCUT2D eigenvalue weighted by Crippen LogP contribution is 2.09. The normalized spacial score (nSPS) is 9.73. The van der Waals surface area contributed by atoms with Gasteiger partial charge >= 0.3 is 0 Å². The number of hydrogen-bond donors (Lipinski definition) is 1. The van der Waals surface area contributed by atoms with Gasteiger partial charge in [0.1, 0.15) is 11.7 Å². The van der Waals surface area contributed by atoms with Crippen molar-refractivity contribution in [3.8, 4) is 6.07 Å². The molecule has 0 radical (unpaired) electrons. The number of pyridine rings is 1. The molecule has 0 aliphatic rings. The van der Waals surface area contributed by atoms with E-state index < -0.39 is 0 Å². The molecule has 0 spiro atoms. The molecule has 0 amide bonds. The fourth-order valence-corrected chi connectivity index (χ4v) is 1.00. The maximum absolute atomic E-state index is 8.53. The van der Waals surface area contributed by atoms with Crippen LogP contribution in [0.5, 0.6) is 0 Å². The first-order chi connectivity index (χ1) is 5.40. The van der Waals surface area contributed by atoms with E-state index in [1.54, 1.807) is 18.5 Å². The molecule has 0 saturated carbocycles. The fourth-order valence-electron chi connectivity index (χ4n) is 1.00. The van der Waals surface area contributed by atoms with Crippen LogP contribution in [-0.2, 0) is 0 Å². The second-order valence-corrected chi connectivity index (χ2v) is 2.25. The van der Waals surface area contributed by atoms with Gasteiger partial charge in [-0.25, -0.2) is 4.98 Å². The van der Waals surface area contributed by atoms with Crippen molar-refractivity contribution in [2.45, 2.75) is 0 Å². The van der Waals surface area contributed by atoms with Gasteiger partial charge in [-0.15, -0.1) is 0 Å². The maximum atomic E-state index is 8.53. The van der Waals surface area contributed by atoms with Crippen molar-refractivity contribution in [2.24, 2.45) is 0 Å². The van der Waals surface area contributed by atoms with Crippen LogP contribution in [0.4, 0.5) is 0 Å². The van der Waals surface area contributed by atoms with Crippen LogP contribution in [-0.4, -0.2) is 9.97 Å². The summed E-state index contributed by atoms with van der Waals surface area (Å²) in [6, 6.07) is 5.73. The highest BCUT2D eigenvalue weighted by atomic mass is 14.8. The third-order valence-electron chi connectivity index (χ3n) is 1.53. The lowest BCUT2D eigenvalue weighted by Crippen LogP contribution is -1.78. The number of nitriles is 1. The third-order valence-corrected chi connectivity index (χ3v) is 1.53. The first-order valence-electron chi connectivity index (χ1n) is 3.23. The third kappa shape index (κ3) is 0.849. The van der Waals surface area contributed by atoms with Gasteiger partial charge in [-0.1, -0.05) is 0 Å². The second-order valence-electron chi connectivity index (χ2n) is 2.25. The Hall–Kier alpha value is -1.82. The summed E-state index contributed by atoms with van der Waals surface area (Å²) in [7, 11) is 0. The molecular formula is C8H7N3. The van der Waals surface area contributed by atoms with Crippen LogP contribution >= 0.6 is 0 Å². The average Bonchev–Trinajstić information content (AvgIpc) is 2.50. The number of hydrogen-bond acceptors (Lipinski definition) is 2. The van der Waals surface area contributed by atoms with Gasteiger partial charge in [-0.3, -0.25) is 0 Å². The molecule has 3 heteroatoms. The summed E-state index contributed by atoms with van der Waals surface area (Å²) >= 11 is 0. The van der Waals surface area contributed by atoms with Crippen molar-refractivity contribution >= 4 is 11.0 Å². The Labute approximate surface area is 64.8 Å². The quantitative estimate of drug-likeness (QED) is 0.613. The lowest BCUT2D eigenvalue weighted by atomic mass is 10.2. The van der Waals surface area contributed by atoms with Crippen LogP contribution in [0, 0.1) is 11.3 Å². The molecule has 0 bridgehead atoms. The standard InChI is InChI=1S/C8H5N3.H2/c9-4-6-3-7-1-2-10-8(7)11-5-6;/h1-3,5H,(H,10,11);1H. The number of rotatable bonds is 0. The van der Waals surface area contributed by atoms with Gasteiger partial charge in [0.25, 0.3) is 0 Å². The molecule has 0 aliphatic carbocycles. The van der Waals surface area contributed by atoms with E-state index in [-0.39, 0.29) is 1.43 Å². The van der Waals surface area contributed by atoms with E-state index in [1.165, 1.54) is 0 Å². The van der Waals surface area contributed by atoms with Crippen molar-refractivity contribution in [2.75, 3.05) is 0 Å². The van der Waals surface area contributed by atoms with Crippen LogP contribution < -0.4 is 0 Å². The lowest BCUT2D eigenvalue weighted by Gasteiger charge is -1.87. The Morgan fingerprint density at radius 3 is 3.36 bits per heavy atom. The van der Waals surface area contributed by atoms with Gasteiger partial charge in [0.2, 0.25) is 0 Å². The number of nitrogens with zero attached hydrogens (tertiary/aromatic N) is 2. The monoisotopic (exact) mass is 145 g/mol. The zero-order valence-electron chi connectivity index (χ0n) is 5.70. The molecule has 2 aromatic rings. The largest absolute Gasteiger partial charge is 0.346 e. The first kappa shape index (κ1) is 5.93. The van der Waals surface area contributed by atoms with Crippen molar-refractivity contribution < 1.29 is 1.43 Å². The number of aromatic nitrogens is 2. The maximum Gasteiger partial charge on any atom is 0.137 e. The summed E-state index contributed by atoms with van der Waals surface area (Å²) in [5.41, 5.74) is 1.42. The molecular weight excluding hydrogens is 138 g/mol. The topological polar surface area (TPSA) is 52.5 Å². The Morgan fingerprint density at radius 2 is 2.55 bits per heavy atom. The Kier molecular flexibility index (Phi) is 1.13. The predicted octanol–water partition coefficient (Wildman–Crippen LogP) is 1.68. The van der Waals surface area contributed by atoms with Crippen LogP contribution in [0.2, 0.25) is 0 Å². The number of fused-ring (bicyclic) bond motifs is 1. The van der Waals surface area contributed by atoms with Crippen LogP contribution in [0.15, 0.2) is 24.5 Å². The molecule has 11 heavy (non-hydrogen) atoms. The smallest absolute Gasteiger partial charge is 0.137 e. The molecule has 0 unspecified atom stereocenters. The van der Waals surface area contributed by atoms with E-state index in [0.717, 1.165) is 11.0 Å². The van der Waals surface area contributed by atoms with Crippen molar-refractivity contribution in [3.63, 3.8) is 0 Å². The van der Waals surface area contributed by atoms with Gasteiger partial charge < -0.3 is 4.98 Å². The molecule has 0 aromatic carbocycles. The molecule has 3 nitrogen and oxygen atoms in total. The second kappa shape index (κ2) is 2.10. The molecule has 54 valence electrons. The van der Waals surface area contributed by atoms with Crippen molar-refractivity contribution in [3.05, 3.63) is 30.1 Å². The van der Waals surface area contributed by atoms with Crippen LogP contribution in [0.3, 0.4) is 0 Å². The van der Waals surface area contributed by atoms with E-state index in [0.29, 0.717) is 5.56 Å². The molecule has 2 aromatic heterocycles. The molecule has 1 N–H and O–H groups in total. The summed E-state index contributed by atoms with van der Waals surface area (Å²) < 4.78 is 0. The summed E-state index contributed by atoms with van der Waals surface area (Å²) in [6.45, 7) is 0. The first-order valence-corrected chi connectivity index (χ1v) is 3.23. The van der Waals surface area contributed by atoms with Gasteiger partial charge in [-0.2, -0.15) is 5.26 Å². The number of H-pyrrole nitrogens is 1. The Bertz CT molecular complexity index is 427. The average molecular weight is 145 g/mol. The molecule has 0 aliphatic heterocycles. The van der Waals surface area contributed by atoms with Gasteiger partial charge in [-0.05, 0) is 12.1 Å². The Morgan fingerprint density at radius 1 is 1.64 bits per heavy atom. The van der Waals surface area contributed by atoms with Crippen molar-refractivity contribution in [1.82, 2.24) is 9.97 Å². The zero-order chi connectivity index (χ0) is 7.68. The molecule has 0 saturated heterocycles. The van der Waals surface area contributed by atoms with Gasteiger partial charge in [0, 0.05) is 19.2 Å². The van der Waals surface area contributed by atoms with Gasteiger partial charge in [0.15, 0.2) is 0 Å². The minimum Gasteiger partial charge on any atom is -0.346 e. The SMILES string of the molecule is N#Cc1cnc2[nH]ccc2c1.[HH]. The van der Waals surface area contributed by atoms with Crippen LogP contribution in [0.1, 0.15) is 6.99 Å². The molecule has 2 heterocycles. The molecule has 2 rings (SSSR count). The van der Waals surface area contributed by atoms with Crippen LogP contribution in [0.25, 0.3) is 11.0 Å². The summed E-state index contributed by atoms with van der Waals surface area (Å²) in [5, 5.41) is 9.51. The van der Waals surface area contributed by atoms with E-state index in [1.807, 2.05) is 12.1 Å². The lowest BCUT2D eigenvalue weighted by molar-refractivity contribution is 1.31. The minimum absolute atomic E-state index is 0. The predicted molar refractivity (Wildman–Crippen MR) is 42.9 cm³/mol. The van der Waals surface area contributed by atoms with E-state index in [4.69, 9.17) is 5.26 Å².